The number of aliphatic hydroxyl groups excluding tert-OH is 1. The molecule has 0 aliphatic rings. The molecule has 0 atom stereocenters. The zero-order valence-electron chi connectivity index (χ0n) is 12.4. The second-order valence-corrected chi connectivity index (χ2v) is 5.13. The first-order chi connectivity index (χ1) is 10.7. The van der Waals surface area contributed by atoms with E-state index in [9.17, 15) is 4.79 Å². The molecule has 0 saturated carbocycles. The molecule has 2 rings (SSSR count). The van der Waals surface area contributed by atoms with Crippen LogP contribution in [0.25, 0.3) is 5.69 Å². The van der Waals surface area contributed by atoms with Crippen molar-refractivity contribution in [3.8, 4) is 5.69 Å². The number of rotatable bonds is 6. The number of carbonyl (C=O) groups excluding carboxylic acids is 1. The number of amides is 2. The Hall–Kier alpha value is -2.05. The molecule has 0 spiro atoms. The third-order valence-electron chi connectivity index (χ3n) is 3.11. The molecule has 2 aromatic rings. The van der Waals surface area contributed by atoms with Crippen LogP contribution in [0, 0.1) is 0 Å². The average molecular weight is 323 g/mol. The maximum absolute atomic E-state index is 12.4. The molecule has 0 radical (unpaired) electrons. The number of nitrogens with one attached hydrogen (secondary N) is 1. The van der Waals surface area contributed by atoms with Crippen molar-refractivity contribution in [1.82, 2.24) is 14.7 Å². The predicted molar refractivity (Wildman–Crippen MR) is 86.5 cm³/mol. The maximum atomic E-state index is 12.4. The first-order valence-electron chi connectivity index (χ1n) is 7.12. The standard InChI is InChI=1S/C15H19ClN4O2/c1-2-8-19(10-11-21)15(22)18-13-6-3-5-12(16)14(13)20-9-4-7-17-20/h3-7,9,21H,2,8,10-11H2,1H3,(H,18,22). The van der Waals surface area contributed by atoms with Crippen LogP contribution in [0.4, 0.5) is 10.5 Å². The molecule has 6 nitrogen and oxygen atoms in total. The van der Waals surface area contributed by atoms with Crippen LogP contribution in [0.5, 0.6) is 0 Å². The molecule has 0 bridgehead atoms. The summed E-state index contributed by atoms with van der Waals surface area (Å²) in [6.07, 6.45) is 4.22. The fraction of sp³-hybridized carbons (Fsp3) is 0.333. The Morgan fingerprint density at radius 3 is 2.86 bits per heavy atom. The van der Waals surface area contributed by atoms with Crippen molar-refractivity contribution >= 4 is 23.3 Å². The van der Waals surface area contributed by atoms with Gasteiger partial charge in [0.15, 0.2) is 0 Å². The number of para-hydroxylation sites is 1. The Balaban J connectivity index is 2.26. The molecular weight excluding hydrogens is 304 g/mol. The van der Waals surface area contributed by atoms with Crippen molar-refractivity contribution in [1.29, 1.82) is 0 Å². The van der Waals surface area contributed by atoms with E-state index in [-0.39, 0.29) is 19.2 Å². The van der Waals surface area contributed by atoms with Crippen LogP contribution in [-0.2, 0) is 0 Å². The average Bonchev–Trinajstić information content (AvgIpc) is 3.01. The van der Waals surface area contributed by atoms with Gasteiger partial charge in [-0.1, -0.05) is 24.6 Å². The number of hydrogen-bond donors (Lipinski definition) is 2. The fourth-order valence-corrected chi connectivity index (χ4v) is 2.41. The number of benzene rings is 1. The summed E-state index contributed by atoms with van der Waals surface area (Å²) in [6, 6.07) is 6.78. The van der Waals surface area contributed by atoms with Crippen LogP contribution in [0.15, 0.2) is 36.7 Å². The van der Waals surface area contributed by atoms with Gasteiger partial charge in [0, 0.05) is 25.5 Å². The van der Waals surface area contributed by atoms with Crippen LogP contribution < -0.4 is 5.32 Å². The highest BCUT2D eigenvalue weighted by molar-refractivity contribution is 6.33. The second-order valence-electron chi connectivity index (χ2n) is 4.73. The largest absolute Gasteiger partial charge is 0.395 e. The fourth-order valence-electron chi connectivity index (χ4n) is 2.15. The zero-order valence-corrected chi connectivity index (χ0v) is 13.1. The normalized spacial score (nSPS) is 10.5. The lowest BCUT2D eigenvalue weighted by molar-refractivity contribution is 0.188. The molecular formula is C15H19ClN4O2. The number of aromatic nitrogens is 2. The molecule has 0 unspecified atom stereocenters. The van der Waals surface area contributed by atoms with E-state index in [0.717, 1.165) is 6.42 Å². The summed E-state index contributed by atoms with van der Waals surface area (Å²) >= 11 is 6.24. The number of anilines is 1. The highest BCUT2D eigenvalue weighted by atomic mass is 35.5. The van der Waals surface area contributed by atoms with Gasteiger partial charge in [-0.3, -0.25) is 0 Å². The summed E-state index contributed by atoms with van der Waals surface area (Å²) in [4.78, 5) is 13.9. The summed E-state index contributed by atoms with van der Waals surface area (Å²) in [5.74, 6) is 0. The maximum Gasteiger partial charge on any atom is 0.321 e. The zero-order chi connectivity index (χ0) is 15.9. The molecule has 2 amide bonds. The number of carbonyl (C=O) groups is 1. The smallest absolute Gasteiger partial charge is 0.321 e. The Labute approximate surface area is 134 Å². The molecule has 0 fully saturated rings. The molecule has 1 aromatic heterocycles. The highest BCUT2D eigenvalue weighted by Gasteiger charge is 2.16. The quantitative estimate of drug-likeness (QED) is 0.859. The number of hydrogen-bond acceptors (Lipinski definition) is 3. The molecule has 2 N–H and O–H groups in total. The van der Waals surface area contributed by atoms with Crippen LogP contribution >= 0.6 is 11.6 Å². The lowest BCUT2D eigenvalue weighted by Crippen LogP contribution is -2.37. The van der Waals surface area contributed by atoms with Gasteiger partial charge < -0.3 is 15.3 Å². The van der Waals surface area contributed by atoms with Crippen LogP contribution in [0.3, 0.4) is 0 Å². The second kappa shape index (κ2) is 7.82. The van der Waals surface area contributed by atoms with E-state index < -0.39 is 0 Å². The van der Waals surface area contributed by atoms with E-state index in [1.807, 2.05) is 6.92 Å². The van der Waals surface area contributed by atoms with E-state index in [1.165, 1.54) is 0 Å². The van der Waals surface area contributed by atoms with Gasteiger partial charge in [0.25, 0.3) is 0 Å². The van der Waals surface area contributed by atoms with Crippen molar-refractivity contribution in [3.63, 3.8) is 0 Å². The van der Waals surface area contributed by atoms with Gasteiger partial charge in [0.05, 0.1) is 17.3 Å². The lowest BCUT2D eigenvalue weighted by atomic mass is 10.2. The van der Waals surface area contributed by atoms with Gasteiger partial charge in [0.2, 0.25) is 0 Å². The van der Waals surface area contributed by atoms with Crippen molar-refractivity contribution in [2.24, 2.45) is 0 Å². The summed E-state index contributed by atoms with van der Waals surface area (Å²) in [7, 11) is 0. The van der Waals surface area contributed by atoms with Crippen molar-refractivity contribution in [2.75, 3.05) is 25.0 Å². The Morgan fingerprint density at radius 2 is 2.23 bits per heavy atom. The molecule has 0 aliphatic carbocycles. The first kappa shape index (κ1) is 16.3. The Bertz CT molecular complexity index is 610. The van der Waals surface area contributed by atoms with Gasteiger partial charge in [0.1, 0.15) is 5.69 Å². The third kappa shape index (κ3) is 3.78. The summed E-state index contributed by atoms with van der Waals surface area (Å²) in [6.45, 7) is 2.77. The summed E-state index contributed by atoms with van der Waals surface area (Å²) < 4.78 is 1.61. The molecule has 0 aliphatic heterocycles. The highest BCUT2D eigenvalue weighted by Crippen LogP contribution is 2.28. The van der Waals surface area contributed by atoms with Gasteiger partial charge in [-0.05, 0) is 24.6 Å². The van der Waals surface area contributed by atoms with Crippen LogP contribution in [0.2, 0.25) is 5.02 Å². The van der Waals surface area contributed by atoms with Crippen LogP contribution in [0.1, 0.15) is 13.3 Å². The van der Waals surface area contributed by atoms with E-state index in [0.29, 0.717) is 22.9 Å². The Kier molecular flexibility index (Phi) is 5.80. The van der Waals surface area contributed by atoms with Crippen molar-refractivity contribution < 1.29 is 9.90 Å². The first-order valence-corrected chi connectivity index (χ1v) is 7.50. The van der Waals surface area contributed by atoms with Gasteiger partial charge in [-0.2, -0.15) is 5.10 Å². The third-order valence-corrected chi connectivity index (χ3v) is 3.42. The van der Waals surface area contributed by atoms with E-state index >= 15 is 0 Å². The topological polar surface area (TPSA) is 70.4 Å². The van der Waals surface area contributed by atoms with Gasteiger partial charge >= 0.3 is 6.03 Å². The van der Waals surface area contributed by atoms with Gasteiger partial charge in [-0.25, -0.2) is 9.48 Å². The van der Waals surface area contributed by atoms with Crippen molar-refractivity contribution in [2.45, 2.75) is 13.3 Å². The van der Waals surface area contributed by atoms with E-state index in [4.69, 9.17) is 16.7 Å². The minimum absolute atomic E-state index is 0.0744. The van der Waals surface area contributed by atoms with Crippen LogP contribution in [-0.4, -0.2) is 45.5 Å². The molecule has 7 heteroatoms. The van der Waals surface area contributed by atoms with E-state index in [2.05, 4.69) is 10.4 Å². The molecule has 1 heterocycles. The monoisotopic (exact) mass is 322 g/mol. The number of halogens is 1. The lowest BCUT2D eigenvalue weighted by Gasteiger charge is -2.22. The number of nitrogens with zero attached hydrogens (tertiary/aromatic N) is 3. The molecule has 0 saturated heterocycles. The van der Waals surface area contributed by atoms with Gasteiger partial charge in [-0.15, -0.1) is 0 Å². The minimum Gasteiger partial charge on any atom is -0.395 e. The number of urea groups is 1. The SMILES string of the molecule is CCCN(CCO)C(=O)Nc1cccc(Cl)c1-n1cccn1. The van der Waals surface area contributed by atoms with Crippen molar-refractivity contribution in [3.05, 3.63) is 41.7 Å². The summed E-state index contributed by atoms with van der Waals surface area (Å²) in [5, 5.41) is 16.6. The van der Waals surface area contributed by atoms with E-state index in [1.54, 1.807) is 46.2 Å². The Morgan fingerprint density at radius 1 is 1.41 bits per heavy atom. The molecule has 1 aromatic carbocycles. The molecule has 118 valence electrons. The molecule has 22 heavy (non-hydrogen) atoms. The summed E-state index contributed by atoms with van der Waals surface area (Å²) in [5.41, 5.74) is 1.18. The minimum atomic E-state index is -0.272. The number of aliphatic hydroxyl groups is 1. The predicted octanol–water partition coefficient (Wildman–Crippen LogP) is 2.76.